The van der Waals surface area contributed by atoms with E-state index < -0.39 is 5.54 Å². The maximum absolute atomic E-state index is 11.8. The van der Waals surface area contributed by atoms with Crippen LogP contribution in [0, 0.1) is 0 Å². The fourth-order valence-corrected chi connectivity index (χ4v) is 1.89. The molecule has 1 aromatic carbocycles. The lowest BCUT2D eigenvalue weighted by Gasteiger charge is -2.18. The number of aromatic nitrogens is 3. The standard InChI is InChI=1S/C11H12Cl2N4O/c1-11(2,14)9-15-16-10(18)17(9)6-3-4-7(12)8(13)5-6/h3-5H,14H2,1-2H3,(H,16,18). The van der Waals surface area contributed by atoms with Crippen molar-refractivity contribution in [3.8, 4) is 5.69 Å². The predicted molar refractivity (Wildman–Crippen MR) is 71.4 cm³/mol. The molecule has 0 aliphatic heterocycles. The van der Waals surface area contributed by atoms with Gasteiger partial charge < -0.3 is 5.73 Å². The molecule has 1 heterocycles. The van der Waals surface area contributed by atoms with Gasteiger partial charge in [-0.25, -0.2) is 14.5 Å². The normalized spacial score (nSPS) is 11.8. The average Bonchev–Trinajstić information content (AvgIpc) is 2.64. The third-order valence-electron chi connectivity index (χ3n) is 2.41. The van der Waals surface area contributed by atoms with Crippen molar-refractivity contribution in [1.82, 2.24) is 14.8 Å². The molecule has 0 saturated heterocycles. The average molecular weight is 287 g/mol. The Balaban J connectivity index is 2.67. The third kappa shape index (κ3) is 2.29. The molecule has 0 spiro atoms. The quantitative estimate of drug-likeness (QED) is 0.887. The van der Waals surface area contributed by atoms with E-state index in [9.17, 15) is 4.79 Å². The van der Waals surface area contributed by atoms with E-state index in [2.05, 4.69) is 10.2 Å². The summed E-state index contributed by atoms with van der Waals surface area (Å²) >= 11 is 11.8. The number of rotatable bonds is 2. The van der Waals surface area contributed by atoms with Gasteiger partial charge in [0.25, 0.3) is 0 Å². The molecule has 0 fully saturated rings. The second-order valence-electron chi connectivity index (χ2n) is 4.51. The van der Waals surface area contributed by atoms with Crippen molar-refractivity contribution < 1.29 is 0 Å². The van der Waals surface area contributed by atoms with E-state index in [0.717, 1.165) is 0 Å². The Labute approximate surface area is 114 Å². The molecule has 1 aromatic heterocycles. The lowest BCUT2D eigenvalue weighted by molar-refractivity contribution is 0.502. The molecule has 0 bridgehead atoms. The molecule has 2 aromatic rings. The topological polar surface area (TPSA) is 76.7 Å². The number of halogens is 2. The maximum atomic E-state index is 11.8. The van der Waals surface area contributed by atoms with Gasteiger partial charge in [-0.05, 0) is 32.0 Å². The number of H-pyrrole nitrogens is 1. The minimum atomic E-state index is -0.759. The molecule has 96 valence electrons. The minimum absolute atomic E-state index is 0.364. The van der Waals surface area contributed by atoms with Crippen molar-refractivity contribution in [3.63, 3.8) is 0 Å². The lowest BCUT2D eigenvalue weighted by Crippen LogP contribution is -2.34. The monoisotopic (exact) mass is 286 g/mol. The Hall–Kier alpha value is -1.30. The number of nitrogens with two attached hydrogens (primary N) is 1. The first-order valence-corrected chi connectivity index (χ1v) is 5.98. The summed E-state index contributed by atoms with van der Waals surface area (Å²) in [5, 5.41) is 7.10. The van der Waals surface area contributed by atoms with Gasteiger partial charge >= 0.3 is 5.69 Å². The summed E-state index contributed by atoms with van der Waals surface area (Å²) < 4.78 is 1.38. The van der Waals surface area contributed by atoms with Gasteiger partial charge in [0.15, 0.2) is 5.82 Å². The number of aromatic amines is 1. The second kappa shape index (κ2) is 4.42. The number of hydrogen-bond donors (Lipinski definition) is 2. The zero-order chi connectivity index (χ0) is 13.5. The number of benzene rings is 1. The van der Waals surface area contributed by atoms with Crippen LogP contribution in [0.5, 0.6) is 0 Å². The van der Waals surface area contributed by atoms with E-state index >= 15 is 0 Å². The number of hydrogen-bond acceptors (Lipinski definition) is 3. The number of nitrogens with one attached hydrogen (secondary N) is 1. The fourth-order valence-electron chi connectivity index (χ4n) is 1.59. The van der Waals surface area contributed by atoms with E-state index in [1.165, 1.54) is 4.57 Å². The van der Waals surface area contributed by atoms with Gasteiger partial charge in [0.1, 0.15) is 0 Å². The lowest BCUT2D eigenvalue weighted by atomic mass is 10.1. The Morgan fingerprint density at radius 2 is 2.00 bits per heavy atom. The van der Waals surface area contributed by atoms with Gasteiger partial charge in [-0.3, -0.25) is 0 Å². The maximum Gasteiger partial charge on any atom is 0.347 e. The smallest absolute Gasteiger partial charge is 0.319 e. The second-order valence-corrected chi connectivity index (χ2v) is 5.32. The predicted octanol–water partition coefficient (Wildman–Crippen LogP) is 2.06. The third-order valence-corrected chi connectivity index (χ3v) is 3.15. The van der Waals surface area contributed by atoms with Crippen molar-refractivity contribution in [2.75, 3.05) is 0 Å². The summed E-state index contributed by atoms with van der Waals surface area (Å²) in [6, 6.07) is 4.89. The molecule has 18 heavy (non-hydrogen) atoms. The van der Waals surface area contributed by atoms with Crippen LogP contribution in [-0.2, 0) is 5.54 Å². The molecule has 5 nitrogen and oxygen atoms in total. The van der Waals surface area contributed by atoms with Crippen LogP contribution in [0.15, 0.2) is 23.0 Å². The van der Waals surface area contributed by atoms with Crippen LogP contribution in [-0.4, -0.2) is 14.8 Å². The van der Waals surface area contributed by atoms with Crippen LogP contribution in [0.1, 0.15) is 19.7 Å². The molecule has 0 aliphatic rings. The molecule has 0 amide bonds. The van der Waals surface area contributed by atoms with E-state index in [1.54, 1.807) is 32.0 Å². The van der Waals surface area contributed by atoms with Crippen molar-refractivity contribution in [1.29, 1.82) is 0 Å². The molecule has 7 heteroatoms. The van der Waals surface area contributed by atoms with Crippen LogP contribution in [0.4, 0.5) is 0 Å². The summed E-state index contributed by atoms with van der Waals surface area (Å²) in [5.74, 6) is 0.422. The van der Waals surface area contributed by atoms with Gasteiger partial charge in [0.2, 0.25) is 0 Å². The van der Waals surface area contributed by atoms with Gasteiger partial charge in [0, 0.05) is 0 Å². The summed E-state index contributed by atoms with van der Waals surface area (Å²) in [6.45, 7) is 3.52. The molecule has 0 aliphatic carbocycles. The first-order chi connectivity index (χ1) is 8.30. The minimum Gasteiger partial charge on any atom is -0.319 e. The van der Waals surface area contributed by atoms with Gasteiger partial charge in [0.05, 0.1) is 21.3 Å². The molecular formula is C11H12Cl2N4O. The molecule has 0 radical (unpaired) electrons. The molecule has 0 saturated carbocycles. The molecule has 3 N–H and O–H groups in total. The van der Waals surface area contributed by atoms with Crippen LogP contribution >= 0.6 is 23.2 Å². The van der Waals surface area contributed by atoms with Gasteiger partial charge in [-0.1, -0.05) is 23.2 Å². The van der Waals surface area contributed by atoms with Crippen molar-refractivity contribution in [2.45, 2.75) is 19.4 Å². The van der Waals surface area contributed by atoms with Crippen LogP contribution in [0.3, 0.4) is 0 Å². The molecule has 0 atom stereocenters. The SMILES string of the molecule is CC(C)(N)c1n[nH]c(=O)n1-c1ccc(Cl)c(Cl)c1. The highest BCUT2D eigenvalue weighted by Crippen LogP contribution is 2.25. The first kappa shape index (κ1) is 13.1. The molecular weight excluding hydrogens is 275 g/mol. The van der Waals surface area contributed by atoms with E-state index in [0.29, 0.717) is 21.6 Å². The highest BCUT2D eigenvalue weighted by Gasteiger charge is 2.24. The van der Waals surface area contributed by atoms with E-state index in [1.807, 2.05) is 0 Å². The van der Waals surface area contributed by atoms with Crippen molar-refractivity contribution in [2.24, 2.45) is 5.73 Å². The van der Waals surface area contributed by atoms with E-state index in [4.69, 9.17) is 28.9 Å². The first-order valence-electron chi connectivity index (χ1n) is 5.23. The Bertz CT molecular complexity index is 639. The van der Waals surface area contributed by atoms with Gasteiger partial charge in [-0.15, -0.1) is 0 Å². The number of nitrogens with zero attached hydrogens (tertiary/aromatic N) is 2. The van der Waals surface area contributed by atoms with E-state index in [-0.39, 0.29) is 5.69 Å². The molecule has 2 rings (SSSR count). The molecule has 0 unspecified atom stereocenters. The zero-order valence-electron chi connectivity index (χ0n) is 9.87. The summed E-state index contributed by atoms with van der Waals surface area (Å²) in [5.41, 5.74) is 5.41. The van der Waals surface area contributed by atoms with Crippen molar-refractivity contribution in [3.05, 3.63) is 44.6 Å². The van der Waals surface area contributed by atoms with Gasteiger partial charge in [-0.2, -0.15) is 5.10 Å². The largest absolute Gasteiger partial charge is 0.347 e. The van der Waals surface area contributed by atoms with Crippen LogP contribution < -0.4 is 11.4 Å². The Morgan fingerprint density at radius 1 is 1.33 bits per heavy atom. The van der Waals surface area contributed by atoms with Crippen LogP contribution in [0.2, 0.25) is 10.0 Å². The summed E-state index contributed by atoms with van der Waals surface area (Å²) in [4.78, 5) is 11.8. The Kier molecular flexibility index (Phi) is 3.23. The summed E-state index contributed by atoms with van der Waals surface area (Å²) in [7, 11) is 0. The Morgan fingerprint density at radius 3 is 2.56 bits per heavy atom. The van der Waals surface area contributed by atoms with Crippen LogP contribution in [0.25, 0.3) is 5.69 Å². The van der Waals surface area contributed by atoms with Crippen molar-refractivity contribution >= 4 is 23.2 Å². The summed E-state index contributed by atoms with van der Waals surface area (Å²) in [6.07, 6.45) is 0. The fraction of sp³-hybridized carbons (Fsp3) is 0.273. The highest BCUT2D eigenvalue weighted by molar-refractivity contribution is 6.42. The highest BCUT2D eigenvalue weighted by atomic mass is 35.5. The zero-order valence-corrected chi connectivity index (χ0v) is 11.4.